The highest BCUT2D eigenvalue weighted by molar-refractivity contribution is 5.94. The molecule has 0 unspecified atom stereocenters. The Kier molecular flexibility index (Phi) is 20.7. The molecule has 9 rings (SSSR count). The number of hydrogen-bond acceptors (Lipinski definition) is 14. The maximum Gasteiger partial charge on any atom is 0.416 e. The van der Waals surface area contributed by atoms with E-state index < -0.39 is 23.7 Å². The quantitative estimate of drug-likeness (QED) is 0.0705. The molecule has 3 aromatic rings. The Hall–Kier alpha value is -6.20. The zero-order valence-corrected chi connectivity index (χ0v) is 49.4. The molecular weight excluding hydrogens is 1090 g/mol. The van der Waals surface area contributed by atoms with Gasteiger partial charge in [-0.05, 0) is 153 Å². The fourth-order valence-corrected chi connectivity index (χ4v) is 13.5. The summed E-state index contributed by atoms with van der Waals surface area (Å²) in [6.45, 7) is 10.7. The fraction of sp³-hybridized carbons (Fsp3) is 0.689. The number of aromatic nitrogens is 3. The average molecular weight is 1170 g/mol. The summed E-state index contributed by atoms with van der Waals surface area (Å²) in [6, 6.07) is 5.46. The molecule has 6 aliphatic rings. The molecule has 5 N–H and O–H groups in total. The predicted molar refractivity (Wildman–Crippen MR) is 307 cm³/mol. The Morgan fingerprint density at radius 2 is 1.52 bits per heavy atom. The zero-order chi connectivity index (χ0) is 59.7. The van der Waals surface area contributed by atoms with Crippen molar-refractivity contribution in [2.75, 3.05) is 58.4 Å². The van der Waals surface area contributed by atoms with Gasteiger partial charge in [0.2, 0.25) is 35.4 Å². The third kappa shape index (κ3) is 16.4. The lowest BCUT2D eigenvalue weighted by atomic mass is 9.84. The van der Waals surface area contributed by atoms with Gasteiger partial charge in [0.25, 0.3) is 0 Å². The van der Waals surface area contributed by atoms with Crippen molar-refractivity contribution in [3.63, 3.8) is 0 Å². The van der Waals surface area contributed by atoms with E-state index in [1.807, 2.05) is 11.0 Å². The van der Waals surface area contributed by atoms with Crippen molar-refractivity contribution < 1.29 is 56.1 Å². The van der Waals surface area contributed by atoms with E-state index in [1.54, 1.807) is 35.3 Å². The van der Waals surface area contributed by atoms with Crippen LogP contribution in [0.2, 0.25) is 0 Å². The minimum atomic E-state index is -4.62. The molecule has 3 aliphatic carbocycles. The van der Waals surface area contributed by atoms with Crippen LogP contribution >= 0.6 is 0 Å². The van der Waals surface area contributed by atoms with Gasteiger partial charge in [-0.1, -0.05) is 6.07 Å². The number of halogens is 3. The number of amides is 6. The summed E-state index contributed by atoms with van der Waals surface area (Å²) in [5.74, 6) is -0.950. The Morgan fingerprint density at radius 1 is 0.810 bits per heavy atom. The van der Waals surface area contributed by atoms with Crippen molar-refractivity contribution in [1.82, 2.24) is 50.9 Å². The second kappa shape index (κ2) is 27.9. The number of benzene rings is 1. The SMILES string of the molecule is CC(=O)N[C@@H]1C[C@H](NC(C)(C)C)CC[C@@H]1N1CC[C@H](Nc2nc(OCC3CCN(C(=O)C4CCC(NC(=O)CCCOC5CCC(OCCNC(=O)[C@H]6CC(=O)N(C)[C@@H]6c6cccnc6)CC5)CC4)CC3)nc3ccc(C(F)(F)F)cc23)C1=O. The number of likely N-dealkylation sites (tertiary alicyclic amines) is 3. The third-order valence-corrected chi connectivity index (χ3v) is 17.8. The van der Waals surface area contributed by atoms with Crippen LogP contribution in [0.1, 0.15) is 154 Å². The van der Waals surface area contributed by atoms with Crippen LogP contribution in [0.5, 0.6) is 6.01 Å². The first kappa shape index (κ1) is 62.3. The van der Waals surface area contributed by atoms with Gasteiger partial charge in [0.15, 0.2) is 0 Å². The smallest absolute Gasteiger partial charge is 0.416 e. The normalized spacial score (nSPS) is 27.2. The minimum Gasteiger partial charge on any atom is -0.463 e. The van der Waals surface area contributed by atoms with Gasteiger partial charge in [-0.3, -0.25) is 33.8 Å². The number of pyridine rings is 1. The van der Waals surface area contributed by atoms with E-state index in [4.69, 9.17) is 14.2 Å². The largest absolute Gasteiger partial charge is 0.463 e. The highest BCUT2D eigenvalue weighted by Crippen LogP contribution is 2.38. The van der Waals surface area contributed by atoms with E-state index >= 15 is 0 Å². The number of fused-ring (bicyclic) bond motifs is 1. The molecule has 3 saturated heterocycles. The average Bonchev–Trinajstić information content (AvgIpc) is 3.22. The molecule has 0 bridgehead atoms. The summed E-state index contributed by atoms with van der Waals surface area (Å²) in [6.07, 6.45) is 10.3. The molecule has 1 aromatic carbocycles. The van der Waals surface area contributed by atoms with E-state index in [1.165, 1.54) is 13.0 Å². The molecule has 23 heteroatoms. The number of rotatable bonds is 21. The number of piperidine rings is 1. The van der Waals surface area contributed by atoms with Crippen molar-refractivity contribution in [1.29, 1.82) is 0 Å². The summed E-state index contributed by atoms with van der Waals surface area (Å²) < 4.78 is 60.4. The Balaban J connectivity index is 0.654. The van der Waals surface area contributed by atoms with Crippen LogP contribution in [-0.4, -0.2) is 166 Å². The first-order valence-corrected chi connectivity index (χ1v) is 30.5. The number of alkyl halides is 3. The van der Waals surface area contributed by atoms with Crippen molar-refractivity contribution in [2.24, 2.45) is 17.8 Å². The lowest BCUT2D eigenvalue weighted by Gasteiger charge is -2.43. The Morgan fingerprint density at radius 3 is 2.20 bits per heavy atom. The minimum absolute atomic E-state index is 0.00904. The molecular formula is C61H86F3N11O9. The van der Waals surface area contributed by atoms with Crippen LogP contribution < -0.4 is 31.3 Å². The molecule has 6 fully saturated rings. The number of hydrogen-bond donors (Lipinski definition) is 5. The van der Waals surface area contributed by atoms with E-state index in [9.17, 15) is 41.9 Å². The van der Waals surface area contributed by atoms with Gasteiger partial charge >= 0.3 is 12.2 Å². The molecule has 2 aromatic heterocycles. The second-order valence-corrected chi connectivity index (χ2v) is 25.2. The third-order valence-electron chi connectivity index (χ3n) is 17.8. The van der Waals surface area contributed by atoms with Gasteiger partial charge in [0.05, 0.1) is 60.5 Å². The number of carbonyl (C=O) groups excluding carboxylic acids is 6. The fourth-order valence-electron chi connectivity index (χ4n) is 13.5. The van der Waals surface area contributed by atoms with Crippen LogP contribution in [0.4, 0.5) is 19.0 Å². The molecule has 3 aliphatic heterocycles. The maximum atomic E-state index is 14.1. The van der Waals surface area contributed by atoms with Crippen molar-refractivity contribution in [2.45, 2.75) is 197 Å². The van der Waals surface area contributed by atoms with Gasteiger partial charge in [-0.25, -0.2) is 0 Å². The van der Waals surface area contributed by atoms with E-state index in [0.29, 0.717) is 97.2 Å². The molecule has 20 nitrogen and oxygen atoms in total. The van der Waals surface area contributed by atoms with Crippen LogP contribution in [0.15, 0.2) is 42.7 Å². The maximum absolute atomic E-state index is 14.1. The van der Waals surface area contributed by atoms with Gasteiger partial charge < -0.3 is 55.5 Å². The summed E-state index contributed by atoms with van der Waals surface area (Å²) in [5, 5.41) is 16.1. The molecule has 460 valence electrons. The number of carbonyl (C=O) groups is 6. The summed E-state index contributed by atoms with van der Waals surface area (Å²) >= 11 is 0. The molecule has 6 amide bonds. The molecule has 6 atom stereocenters. The highest BCUT2D eigenvalue weighted by atomic mass is 19.4. The predicted octanol–water partition coefficient (Wildman–Crippen LogP) is 6.62. The first-order valence-electron chi connectivity index (χ1n) is 30.5. The van der Waals surface area contributed by atoms with E-state index in [-0.39, 0.29) is 131 Å². The topological polar surface area (TPSA) is 239 Å². The van der Waals surface area contributed by atoms with Crippen molar-refractivity contribution in [3.8, 4) is 6.01 Å². The van der Waals surface area contributed by atoms with Gasteiger partial charge in [-0.15, -0.1) is 0 Å². The number of ether oxygens (including phenoxy) is 3. The van der Waals surface area contributed by atoms with Crippen LogP contribution in [0, 0.1) is 17.8 Å². The highest BCUT2D eigenvalue weighted by Gasteiger charge is 2.45. The van der Waals surface area contributed by atoms with Crippen LogP contribution in [0.3, 0.4) is 0 Å². The van der Waals surface area contributed by atoms with Crippen LogP contribution in [-0.2, 0) is 44.4 Å². The number of nitrogens with one attached hydrogen (secondary N) is 5. The lowest BCUT2D eigenvalue weighted by Crippen LogP contribution is -2.59. The van der Waals surface area contributed by atoms with Gasteiger partial charge in [0.1, 0.15) is 11.9 Å². The Labute approximate surface area is 490 Å². The summed E-state index contributed by atoms with van der Waals surface area (Å²) in [7, 11) is 1.72. The first-order chi connectivity index (χ1) is 40.1. The van der Waals surface area contributed by atoms with E-state index in [2.05, 4.69) is 62.3 Å². The molecule has 5 heterocycles. The molecule has 84 heavy (non-hydrogen) atoms. The summed E-state index contributed by atoms with van der Waals surface area (Å²) in [4.78, 5) is 97.3. The van der Waals surface area contributed by atoms with Gasteiger partial charge in [0, 0.05) is 101 Å². The number of nitrogens with zero attached hydrogens (tertiary/aromatic N) is 6. The molecule has 0 spiro atoms. The monoisotopic (exact) mass is 1170 g/mol. The Bertz CT molecular complexity index is 2770. The second-order valence-electron chi connectivity index (χ2n) is 25.2. The summed E-state index contributed by atoms with van der Waals surface area (Å²) in [5.41, 5.74) is 0.0727. The van der Waals surface area contributed by atoms with Crippen molar-refractivity contribution in [3.05, 3.63) is 53.9 Å². The lowest BCUT2D eigenvalue weighted by molar-refractivity contribution is -0.138. The van der Waals surface area contributed by atoms with Crippen LogP contribution in [0.25, 0.3) is 10.9 Å². The molecule has 0 radical (unpaired) electrons. The molecule has 3 saturated carbocycles. The van der Waals surface area contributed by atoms with Gasteiger partial charge in [-0.2, -0.15) is 23.1 Å². The van der Waals surface area contributed by atoms with E-state index in [0.717, 1.165) is 62.6 Å². The number of anilines is 1. The standard InChI is InChI=1S/C61H86F3N11O9/c1-37(76)67-50-33-43(72-60(2,3)4)15-21-51(50)75-29-24-49(58(75)81)69-55-46-32-41(61(62,63)64)12-20-48(46)70-59(71-55)84-36-38-22-27-74(28-23-38)57(80)39-10-13-42(14-11-39)68-52(77)9-7-30-82-44-16-18-45(19-17-44)83-31-26-66-56(79)47-34-53(78)73(5)54(47)40-8-6-25-65-35-40/h6,8,12,20,25,32,35,38-39,42-45,47,49-51,54,72H,7,9-11,13-19,21-24,26-31,33-34,36H2,1-5H3,(H,66,79)(H,67,76)(H,68,77)(H,69,70,71)/t39?,42?,43-,44?,45?,47+,49+,50-,51+,54-/m1/s1. The zero-order valence-electron chi connectivity index (χ0n) is 49.4. The van der Waals surface area contributed by atoms with Crippen molar-refractivity contribution >= 4 is 52.2 Å².